The zero-order valence-electron chi connectivity index (χ0n) is 9.17. The molecule has 0 aromatic carbocycles. The van der Waals surface area contributed by atoms with E-state index >= 15 is 0 Å². The second-order valence-corrected chi connectivity index (χ2v) is 3.34. The minimum atomic E-state index is -0.528. The van der Waals surface area contributed by atoms with Gasteiger partial charge in [-0.25, -0.2) is 0 Å². The summed E-state index contributed by atoms with van der Waals surface area (Å²) in [5.41, 5.74) is 0.793. The molecule has 0 aliphatic heterocycles. The third-order valence-corrected chi connectivity index (χ3v) is 2.15. The van der Waals surface area contributed by atoms with Gasteiger partial charge in [-0.1, -0.05) is 6.92 Å². The topological polar surface area (TPSA) is 79.5 Å². The standard InChI is InChI=1S/C10H15N3O3/c1-2-5-12(6-7-14)9-3-4-10(11-8-9)13(15)16/h3-4,8,14H,2,5-7H2,1H3. The highest BCUT2D eigenvalue weighted by molar-refractivity contribution is 5.46. The number of nitro groups is 1. The average Bonchev–Trinajstić information content (AvgIpc) is 2.29. The molecule has 0 aliphatic carbocycles. The molecular formula is C10H15N3O3. The maximum absolute atomic E-state index is 10.4. The van der Waals surface area contributed by atoms with E-state index in [2.05, 4.69) is 4.98 Å². The van der Waals surface area contributed by atoms with E-state index in [-0.39, 0.29) is 12.4 Å². The number of aliphatic hydroxyl groups is 1. The van der Waals surface area contributed by atoms with E-state index in [1.54, 1.807) is 6.07 Å². The van der Waals surface area contributed by atoms with Crippen LogP contribution in [-0.2, 0) is 0 Å². The fourth-order valence-corrected chi connectivity index (χ4v) is 1.43. The predicted octanol–water partition coefficient (Wildman–Crippen LogP) is 1.20. The number of aliphatic hydroxyl groups excluding tert-OH is 1. The van der Waals surface area contributed by atoms with Gasteiger partial charge < -0.3 is 20.1 Å². The van der Waals surface area contributed by atoms with Gasteiger partial charge in [-0.15, -0.1) is 0 Å². The summed E-state index contributed by atoms with van der Waals surface area (Å²) in [5.74, 6) is -0.163. The summed E-state index contributed by atoms with van der Waals surface area (Å²) in [6, 6.07) is 3.02. The molecule has 1 rings (SSSR count). The van der Waals surface area contributed by atoms with Crippen LogP contribution in [0.5, 0.6) is 0 Å². The van der Waals surface area contributed by atoms with Crippen LogP contribution >= 0.6 is 0 Å². The summed E-state index contributed by atoms with van der Waals surface area (Å²) in [6.45, 7) is 3.38. The molecule has 0 radical (unpaired) electrons. The van der Waals surface area contributed by atoms with Crippen LogP contribution < -0.4 is 4.90 Å². The van der Waals surface area contributed by atoms with Gasteiger partial charge in [0.25, 0.3) is 0 Å². The van der Waals surface area contributed by atoms with Gasteiger partial charge in [-0.2, -0.15) is 0 Å². The van der Waals surface area contributed by atoms with Crippen molar-refractivity contribution in [2.45, 2.75) is 13.3 Å². The van der Waals surface area contributed by atoms with Crippen molar-refractivity contribution in [2.24, 2.45) is 0 Å². The molecule has 6 nitrogen and oxygen atoms in total. The highest BCUT2D eigenvalue weighted by atomic mass is 16.6. The van der Waals surface area contributed by atoms with E-state index in [1.807, 2.05) is 11.8 Å². The Balaban J connectivity index is 2.80. The van der Waals surface area contributed by atoms with Crippen LogP contribution in [0.4, 0.5) is 11.5 Å². The number of rotatable bonds is 6. The highest BCUT2D eigenvalue weighted by Crippen LogP contribution is 2.16. The van der Waals surface area contributed by atoms with Crippen molar-refractivity contribution in [2.75, 3.05) is 24.6 Å². The van der Waals surface area contributed by atoms with E-state index in [1.165, 1.54) is 12.3 Å². The fraction of sp³-hybridized carbons (Fsp3) is 0.500. The molecule has 88 valence electrons. The van der Waals surface area contributed by atoms with Gasteiger partial charge in [0.05, 0.1) is 12.3 Å². The molecular weight excluding hydrogens is 210 g/mol. The lowest BCUT2D eigenvalue weighted by molar-refractivity contribution is -0.389. The lowest BCUT2D eigenvalue weighted by Gasteiger charge is -2.21. The first-order chi connectivity index (χ1) is 7.69. The second-order valence-electron chi connectivity index (χ2n) is 3.34. The maximum atomic E-state index is 10.4. The minimum Gasteiger partial charge on any atom is -0.395 e. The lowest BCUT2D eigenvalue weighted by Crippen LogP contribution is -2.27. The van der Waals surface area contributed by atoms with E-state index < -0.39 is 4.92 Å². The molecule has 0 bridgehead atoms. The Morgan fingerprint density at radius 3 is 2.69 bits per heavy atom. The maximum Gasteiger partial charge on any atom is 0.363 e. The van der Waals surface area contributed by atoms with Crippen molar-refractivity contribution in [1.29, 1.82) is 0 Å². The largest absolute Gasteiger partial charge is 0.395 e. The monoisotopic (exact) mass is 225 g/mol. The zero-order valence-corrected chi connectivity index (χ0v) is 9.17. The molecule has 1 heterocycles. The summed E-state index contributed by atoms with van der Waals surface area (Å²) in [7, 11) is 0. The van der Waals surface area contributed by atoms with Crippen LogP contribution in [0.25, 0.3) is 0 Å². The van der Waals surface area contributed by atoms with Gasteiger partial charge in [0.2, 0.25) is 0 Å². The van der Waals surface area contributed by atoms with Gasteiger partial charge in [-0.05, 0) is 22.4 Å². The van der Waals surface area contributed by atoms with Gasteiger partial charge in [0.1, 0.15) is 0 Å². The van der Waals surface area contributed by atoms with Crippen molar-refractivity contribution in [1.82, 2.24) is 4.98 Å². The number of hydrogen-bond donors (Lipinski definition) is 1. The number of pyridine rings is 1. The summed E-state index contributed by atoms with van der Waals surface area (Å²) < 4.78 is 0. The Morgan fingerprint density at radius 1 is 1.50 bits per heavy atom. The molecule has 0 amide bonds. The molecule has 0 fully saturated rings. The van der Waals surface area contributed by atoms with Crippen molar-refractivity contribution in [3.8, 4) is 0 Å². The normalized spacial score (nSPS) is 10.1. The SMILES string of the molecule is CCCN(CCO)c1ccc([N+](=O)[O-])nc1. The predicted molar refractivity (Wildman–Crippen MR) is 60.5 cm³/mol. The first-order valence-corrected chi connectivity index (χ1v) is 5.15. The third kappa shape index (κ3) is 3.16. The van der Waals surface area contributed by atoms with Gasteiger partial charge in [0, 0.05) is 19.2 Å². The zero-order chi connectivity index (χ0) is 12.0. The number of hydrogen-bond acceptors (Lipinski definition) is 5. The molecule has 1 N–H and O–H groups in total. The Hall–Kier alpha value is -1.69. The van der Waals surface area contributed by atoms with Gasteiger partial charge in [0.15, 0.2) is 6.20 Å². The van der Waals surface area contributed by atoms with E-state index in [4.69, 9.17) is 5.11 Å². The van der Waals surface area contributed by atoms with Crippen LogP contribution in [0.2, 0.25) is 0 Å². The molecule has 0 aliphatic rings. The summed E-state index contributed by atoms with van der Waals surface area (Å²) in [6.07, 6.45) is 2.40. The molecule has 0 spiro atoms. The van der Waals surface area contributed by atoms with Crippen LogP contribution in [-0.4, -0.2) is 34.7 Å². The van der Waals surface area contributed by atoms with Crippen molar-refractivity contribution in [3.63, 3.8) is 0 Å². The average molecular weight is 225 g/mol. The first-order valence-electron chi connectivity index (χ1n) is 5.15. The summed E-state index contributed by atoms with van der Waals surface area (Å²) in [4.78, 5) is 15.6. The number of anilines is 1. The number of nitrogens with zero attached hydrogens (tertiary/aromatic N) is 3. The Kier molecular flexibility index (Phi) is 4.65. The fourth-order valence-electron chi connectivity index (χ4n) is 1.43. The lowest BCUT2D eigenvalue weighted by atomic mass is 10.3. The van der Waals surface area contributed by atoms with Crippen LogP contribution in [0.3, 0.4) is 0 Å². The Labute approximate surface area is 93.7 Å². The highest BCUT2D eigenvalue weighted by Gasteiger charge is 2.10. The summed E-state index contributed by atoms with van der Waals surface area (Å²) in [5, 5.41) is 19.3. The van der Waals surface area contributed by atoms with Gasteiger partial charge >= 0.3 is 5.82 Å². The van der Waals surface area contributed by atoms with E-state index in [0.29, 0.717) is 6.54 Å². The van der Waals surface area contributed by atoms with Crippen molar-refractivity contribution in [3.05, 3.63) is 28.4 Å². The smallest absolute Gasteiger partial charge is 0.363 e. The van der Waals surface area contributed by atoms with Crippen molar-refractivity contribution < 1.29 is 10.0 Å². The molecule has 1 aromatic heterocycles. The second kappa shape index (κ2) is 6.02. The van der Waals surface area contributed by atoms with E-state index in [0.717, 1.165) is 18.7 Å². The molecule has 0 unspecified atom stereocenters. The molecule has 0 saturated heterocycles. The van der Waals surface area contributed by atoms with Crippen molar-refractivity contribution >= 4 is 11.5 Å². The third-order valence-electron chi connectivity index (χ3n) is 2.15. The quantitative estimate of drug-likeness (QED) is 0.581. The van der Waals surface area contributed by atoms with Crippen LogP contribution in [0.1, 0.15) is 13.3 Å². The summed E-state index contributed by atoms with van der Waals surface area (Å²) >= 11 is 0. The molecule has 1 aromatic rings. The van der Waals surface area contributed by atoms with Gasteiger partial charge in [-0.3, -0.25) is 0 Å². The molecule has 16 heavy (non-hydrogen) atoms. The molecule has 6 heteroatoms. The minimum absolute atomic E-state index is 0.0526. The number of aromatic nitrogens is 1. The van der Waals surface area contributed by atoms with E-state index in [9.17, 15) is 10.1 Å². The molecule has 0 saturated carbocycles. The Morgan fingerprint density at radius 2 is 2.25 bits per heavy atom. The Bertz CT molecular complexity index is 334. The van der Waals surface area contributed by atoms with Crippen LogP contribution in [0.15, 0.2) is 18.3 Å². The first kappa shape index (κ1) is 12.4. The van der Waals surface area contributed by atoms with Crippen LogP contribution in [0, 0.1) is 10.1 Å². The molecule has 0 atom stereocenters.